The standard InChI is InChI=1S/C73H128O6/c1-4-7-10-13-16-19-22-24-26-28-30-32-33-34-35-36-37-38-39-41-42-44-46-48-51-54-57-60-63-66-72(75)78-69-70(68-77-71(74)65-62-59-56-53-50-21-18-15-12-9-6-3)79-73(76)67-64-61-58-55-52-49-47-45-43-40-31-29-27-25-23-20-17-14-11-8-5-2/h8,11,15,17-18,20,25,27,31,40,45,47,52,55,70H,4-7,9-10,12-14,16,19,21-24,26,28-30,32-39,41-44,46,48-51,53-54,56-69H2,1-3H3/b11-8-,18-15-,20-17-,27-25-,40-31-,47-45-,55-52-. The van der Waals surface area contributed by atoms with E-state index in [2.05, 4.69) is 106 Å². The molecule has 1 atom stereocenters. The lowest BCUT2D eigenvalue weighted by molar-refractivity contribution is -0.167. The summed E-state index contributed by atoms with van der Waals surface area (Å²) >= 11 is 0. The first-order valence-corrected chi connectivity index (χ1v) is 34.1. The molecule has 0 rings (SSSR count). The average molecular weight is 1100 g/mol. The number of esters is 3. The van der Waals surface area contributed by atoms with Gasteiger partial charge in [0.2, 0.25) is 0 Å². The Morgan fingerprint density at radius 1 is 0.266 bits per heavy atom. The van der Waals surface area contributed by atoms with Gasteiger partial charge in [-0.25, -0.2) is 0 Å². The fraction of sp³-hybridized carbons (Fsp3) is 0.767. The molecule has 0 aliphatic heterocycles. The van der Waals surface area contributed by atoms with Gasteiger partial charge in [0.1, 0.15) is 13.2 Å². The van der Waals surface area contributed by atoms with Crippen molar-refractivity contribution in [3.05, 3.63) is 85.1 Å². The third kappa shape index (κ3) is 65.3. The molecule has 0 saturated heterocycles. The summed E-state index contributed by atoms with van der Waals surface area (Å²) in [6.45, 7) is 6.49. The molecule has 0 aromatic carbocycles. The maximum Gasteiger partial charge on any atom is 0.306 e. The number of rotatable bonds is 62. The van der Waals surface area contributed by atoms with Crippen molar-refractivity contribution in [1.29, 1.82) is 0 Å². The molecule has 0 amide bonds. The van der Waals surface area contributed by atoms with Crippen molar-refractivity contribution >= 4 is 17.9 Å². The Kier molecular flexibility index (Phi) is 64.2. The summed E-state index contributed by atoms with van der Waals surface area (Å²) in [5, 5.41) is 0. The Balaban J connectivity index is 4.23. The van der Waals surface area contributed by atoms with Crippen molar-refractivity contribution in [3.8, 4) is 0 Å². The molecule has 0 N–H and O–H groups in total. The first-order chi connectivity index (χ1) is 39.0. The van der Waals surface area contributed by atoms with Crippen molar-refractivity contribution in [1.82, 2.24) is 0 Å². The molecule has 0 aliphatic rings. The Bertz CT molecular complexity index is 1500. The third-order valence-corrected chi connectivity index (χ3v) is 14.9. The molecule has 6 heteroatoms. The van der Waals surface area contributed by atoms with Gasteiger partial charge < -0.3 is 14.2 Å². The molecular formula is C73H128O6. The van der Waals surface area contributed by atoms with Gasteiger partial charge in [-0.2, -0.15) is 0 Å². The van der Waals surface area contributed by atoms with Crippen LogP contribution < -0.4 is 0 Å². The number of hydrogen-bond donors (Lipinski definition) is 0. The molecular weight excluding hydrogens is 973 g/mol. The Morgan fingerprint density at radius 2 is 0.506 bits per heavy atom. The van der Waals surface area contributed by atoms with Crippen LogP contribution in [0, 0.1) is 0 Å². The number of carbonyl (C=O) groups is 3. The van der Waals surface area contributed by atoms with Gasteiger partial charge in [-0.1, -0.05) is 318 Å². The summed E-state index contributed by atoms with van der Waals surface area (Å²) in [5.74, 6) is -0.935. The molecule has 0 heterocycles. The van der Waals surface area contributed by atoms with E-state index in [0.29, 0.717) is 19.3 Å². The van der Waals surface area contributed by atoms with Crippen LogP contribution in [0.5, 0.6) is 0 Å². The fourth-order valence-electron chi connectivity index (χ4n) is 9.78. The minimum absolute atomic E-state index is 0.0944. The molecule has 0 aromatic rings. The molecule has 0 spiro atoms. The first-order valence-electron chi connectivity index (χ1n) is 34.1. The lowest BCUT2D eigenvalue weighted by atomic mass is 10.0. The summed E-state index contributed by atoms with van der Waals surface area (Å²) in [6, 6.07) is 0. The highest BCUT2D eigenvalue weighted by Crippen LogP contribution is 2.18. The van der Waals surface area contributed by atoms with Gasteiger partial charge in [-0.05, 0) is 89.9 Å². The molecule has 0 fully saturated rings. The summed E-state index contributed by atoms with van der Waals surface area (Å²) in [4.78, 5) is 38.3. The van der Waals surface area contributed by atoms with Gasteiger partial charge in [0.15, 0.2) is 6.10 Å². The second-order valence-electron chi connectivity index (χ2n) is 22.7. The Morgan fingerprint density at radius 3 is 0.848 bits per heavy atom. The molecule has 0 aliphatic carbocycles. The molecule has 79 heavy (non-hydrogen) atoms. The van der Waals surface area contributed by atoms with Gasteiger partial charge in [0.25, 0.3) is 0 Å². The van der Waals surface area contributed by atoms with Crippen LogP contribution >= 0.6 is 0 Å². The molecule has 0 aromatic heterocycles. The summed E-state index contributed by atoms with van der Waals surface area (Å²) in [5.41, 5.74) is 0. The van der Waals surface area contributed by atoms with E-state index in [1.807, 2.05) is 0 Å². The van der Waals surface area contributed by atoms with E-state index in [4.69, 9.17) is 14.2 Å². The van der Waals surface area contributed by atoms with Gasteiger partial charge in [0.05, 0.1) is 0 Å². The predicted octanol–water partition coefficient (Wildman–Crippen LogP) is 23.4. The topological polar surface area (TPSA) is 78.9 Å². The highest BCUT2D eigenvalue weighted by atomic mass is 16.6. The average Bonchev–Trinajstić information content (AvgIpc) is 3.45. The summed E-state index contributed by atoms with van der Waals surface area (Å²) in [7, 11) is 0. The second kappa shape index (κ2) is 67.1. The van der Waals surface area contributed by atoms with Gasteiger partial charge >= 0.3 is 17.9 Å². The number of ether oxygens (including phenoxy) is 3. The van der Waals surface area contributed by atoms with Crippen LogP contribution in [-0.4, -0.2) is 37.2 Å². The molecule has 0 radical (unpaired) electrons. The largest absolute Gasteiger partial charge is 0.462 e. The zero-order chi connectivity index (χ0) is 57.1. The fourth-order valence-corrected chi connectivity index (χ4v) is 9.78. The van der Waals surface area contributed by atoms with Crippen LogP contribution in [0.3, 0.4) is 0 Å². The Labute approximate surface area is 490 Å². The minimum atomic E-state index is -0.803. The third-order valence-electron chi connectivity index (χ3n) is 14.9. The van der Waals surface area contributed by atoms with E-state index in [-0.39, 0.29) is 37.5 Å². The minimum Gasteiger partial charge on any atom is -0.462 e. The van der Waals surface area contributed by atoms with E-state index >= 15 is 0 Å². The van der Waals surface area contributed by atoms with E-state index in [9.17, 15) is 14.4 Å². The molecule has 0 saturated carbocycles. The summed E-state index contributed by atoms with van der Waals surface area (Å²) < 4.78 is 16.9. The molecule has 456 valence electrons. The number of hydrogen-bond acceptors (Lipinski definition) is 6. The van der Waals surface area contributed by atoms with Gasteiger partial charge in [0, 0.05) is 19.3 Å². The normalized spacial score (nSPS) is 12.6. The van der Waals surface area contributed by atoms with Crippen LogP contribution in [0.1, 0.15) is 342 Å². The van der Waals surface area contributed by atoms with Crippen LogP contribution in [0.4, 0.5) is 0 Å². The highest BCUT2D eigenvalue weighted by molar-refractivity contribution is 5.71. The zero-order valence-electron chi connectivity index (χ0n) is 52.4. The van der Waals surface area contributed by atoms with E-state index in [0.717, 1.165) is 103 Å². The van der Waals surface area contributed by atoms with Gasteiger partial charge in [-0.15, -0.1) is 0 Å². The molecule has 0 bridgehead atoms. The number of carbonyl (C=O) groups excluding carboxylic acids is 3. The van der Waals surface area contributed by atoms with Crippen molar-refractivity contribution < 1.29 is 28.6 Å². The monoisotopic (exact) mass is 1100 g/mol. The molecule has 6 nitrogen and oxygen atoms in total. The summed E-state index contributed by atoms with van der Waals surface area (Å²) in [6.07, 6.45) is 89.1. The number of unbranched alkanes of at least 4 members (excludes halogenated alkanes) is 37. The van der Waals surface area contributed by atoms with Crippen LogP contribution in [-0.2, 0) is 28.6 Å². The van der Waals surface area contributed by atoms with Crippen molar-refractivity contribution in [2.75, 3.05) is 13.2 Å². The zero-order valence-corrected chi connectivity index (χ0v) is 52.4. The highest BCUT2D eigenvalue weighted by Gasteiger charge is 2.19. The SMILES string of the molecule is CC/C=C\C/C=C\C/C=C\C/C=C\C/C=C\C/C=C\CCCCC(=O)OC(COC(=O)CCCCCCC/C=C\CCCC)COC(=O)CCCCCCCCCCCCCCCCCCCCCCCCCCCCCCC. The quantitative estimate of drug-likeness (QED) is 0.0261. The predicted molar refractivity (Wildman–Crippen MR) is 344 cm³/mol. The van der Waals surface area contributed by atoms with E-state index in [1.54, 1.807) is 0 Å². The van der Waals surface area contributed by atoms with Crippen molar-refractivity contribution in [2.24, 2.45) is 0 Å². The second-order valence-corrected chi connectivity index (χ2v) is 22.7. The van der Waals surface area contributed by atoms with Gasteiger partial charge in [-0.3, -0.25) is 14.4 Å². The van der Waals surface area contributed by atoms with Crippen LogP contribution in [0.25, 0.3) is 0 Å². The van der Waals surface area contributed by atoms with Crippen LogP contribution in [0.15, 0.2) is 85.1 Å². The van der Waals surface area contributed by atoms with Crippen molar-refractivity contribution in [3.63, 3.8) is 0 Å². The van der Waals surface area contributed by atoms with E-state index < -0.39 is 6.10 Å². The lowest BCUT2D eigenvalue weighted by Crippen LogP contribution is -2.30. The smallest absolute Gasteiger partial charge is 0.306 e. The van der Waals surface area contributed by atoms with E-state index in [1.165, 1.54) is 193 Å². The Hall–Kier alpha value is -3.41. The number of allylic oxidation sites excluding steroid dienone is 14. The lowest BCUT2D eigenvalue weighted by Gasteiger charge is -2.18. The maximum absolute atomic E-state index is 12.9. The maximum atomic E-state index is 12.9. The van der Waals surface area contributed by atoms with Crippen molar-refractivity contribution in [2.45, 2.75) is 348 Å². The molecule has 1 unspecified atom stereocenters. The first kappa shape index (κ1) is 75.6. The van der Waals surface area contributed by atoms with Crippen LogP contribution in [0.2, 0.25) is 0 Å².